The van der Waals surface area contributed by atoms with Crippen LogP contribution in [0.1, 0.15) is 16.7 Å². The van der Waals surface area contributed by atoms with Crippen LogP contribution < -0.4 is 14.8 Å². The number of nitriles is 1. The van der Waals surface area contributed by atoms with Crippen molar-refractivity contribution in [2.45, 2.75) is 12.8 Å². The first-order valence-electron chi connectivity index (χ1n) is 9.96. The smallest absolute Gasteiger partial charge is 0.416 e. The Morgan fingerprint density at radius 1 is 1.17 bits per heavy atom. The van der Waals surface area contributed by atoms with E-state index in [9.17, 15) is 23.2 Å². The Hall–Kier alpha value is -3.48. The van der Waals surface area contributed by atoms with Crippen LogP contribution in [0.2, 0.25) is 5.02 Å². The summed E-state index contributed by atoms with van der Waals surface area (Å²) in [6.07, 6.45) is -3.37. The van der Waals surface area contributed by atoms with E-state index in [4.69, 9.17) is 21.1 Å². The third-order valence-corrected chi connectivity index (χ3v) is 5.59. The van der Waals surface area contributed by atoms with Crippen molar-refractivity contribution in [2.24, 2.45) is 0 Å². The van der Waals surface area contributed by atoms with E-state index in [1.807, 2.05) is 24.3 Å². The molecule has 0 atom stereocenters. The van der Waals surface area contributed by atoms with Crippen LogP contribution in [-0.4, -0.2) is 13.0 Å². The summed E-state index contributed by atoms with van der Waals surface area (Å²) in [4.78, 5) is 12.7. The molecule has 3 aromatic rings. The number of nitrogens with one attached hydrogen (secondary N) is 1. The lowest BCUT2D eigenvalue weighted by Crippen LogP contribution is -2.15. The number of hydrogen-bond donors (Lipinski definition) is 1. The summed E-state index contributed by atoms with van der Waals surface area (Å²) in [6.45, 7) is 0.183. The summed E-state index contributed by atoms with van der Waals surface area (Å²) in [5.41, 5.74) is -0.406. The lowest BCUT2D eigenvalue weighted by Gasteiger charge is -2.14. The van der Waals surface area contributed by atoms with Gasteiger partial charge in [0.25, 0.3) is 5.91 Å². The number of anilines is 1. The molecule has 0 bridgehead atoms. The zero-order chi connectivity index (χ0) is 25.6. The summed E-state index contributed by atoms with van der Waals surface area (Å²) in [5.74, 6) is -0.277. The fourth-order valence-corrected chi connectivity index (χ4v) is 3.42. The lowest BCUT2D eigenvalue weighted by molar-refractivity contribution is -0.137. The number of carbonyl (C=O) groups is 1. The lowest BCUT2D eigenvalue weighted by atomic mass is 10.1. The van der Waals surface area contributed by atoms with Crippen molar-refractivity contribution in [3.8, 4) is 17.6 Å². The van der Waals surface area contributed by atoms with Gasteiger partial charge in [-0.25, -0.2) is 0 Å². The average molecular weight is 566 g/mol. The largest absolute Gasteiger partial charge is 0.493 e. The monoisotopic (exact) mass is 564 g/mol. The summed E-state index contributed by atoms with van der Waals surface area (Å²) in [7, 11) is 1.45. The number of hydrogen-bond acceptors (Lipinski definition) is 4. The second kappa shape index (κ2) is 11.3. The highest BCUT2D eigenvalue weighted by Crippen LogP contribution is 2.35. The standard InChI is InChI=1S/C25H17BrClF3N2O3/c1-34-22-4-2-3-16(23(22)35-14-15-5-8-19(26)9-6-15)11-17(13-31)24(33)32-21-12-18(25(28,29)30)7-10-20(21)27/h2-12H,14H2,1H3,(H,32,33). The topological polar surface area (TPSA) is 71.3 Å². The highest BCUT2D eigenvalue weighted by atomic mass is 79.9. The van der Waals surface area contributed by atoms with Gasteiger partial charge in [-0.05, 0) is 48.0 Å². The first kappa shape index (κ1) is 26.1. The predicted molar refractivity (Wildman–Crippen MR) is 130 cm³/mol. The number of para-hydroxylation sites is 1. The molecule has 35 heavy (non-hydrogen) atoms. The Balaban J connectivity index is 1.90. The van der Waals surface area contributed by atoms with Crippen LogP contribution in [0.4, 0.5) is 18.9 Å². The average Bonchev–Trinajstić information content (AvgIpc) is 2.82. The summed E-state index contributed by atoms with van der Waals surface area (Å²) in [5, 5.41) is 11.7. The van der Waals surface area contributed by atoms with Gasteiger partial charge in [0.1, 0.15) is 18.2 Å². The zero-order valence-corrected chi connectivity index (χ0v) is 20.5. The van der Waals surface area contributed by atoms with E-state index in [2.05, 4.69) is 21.2 Å². The van der Waals surface area contributed by atoms with E-state index in [0.717, 1.165) is 22.2 Å². The highest BCUT2D eigenvalue weighted by Gasteiger charge is 2.31. The number of halogens is 5. The third-order valence-electron chi connectivity index (χ3n) is 4.73. The molecule has 0 radical (unpaired) electrons. The van der Waals surface area contributed by atoms with Gasteiger partial charge >= 0.3 is 6.18 Å². The summed E-state index contributed by atoms with van der Waals surface area (Å²) < 4.78 is 51.3. The van der Waals surface area contributed by atoms with Crippen molar-refractivity contribution in [2.75, 3.05) is 12.4 Å². The van der Waals surface area contributed by atoms with Gasteiger partial charge in [-0.2, -0.15) is 18.4 Å². The van der Waals surface area contributed by atoms with E-state index in [-0.39, 0.29) is 28.6 Å². The maximum absolute atomic E-state index is 13.0. The van der Waals surface area contributed by atoms with E-state index >= 15 is 0 Å². The van der Waals surface area contributed by atoms with Gasteiger partial charge in [-0.15, -0.1) is 0 Å². The molecule has 1 amide bonds. The molecule has 10 heteroatoms. The quantitative estimate of drug-likeness (QED) is 0.242. The number of methoxy groups -OCH3 is 1. The fraction of sp³-hybridized carbons (Fsp3) is 0.120. The fourth-order valence-electron chi connectivity index (χ4n) is 2.99. The van der Waals surface area contributed by atoms with Crippen LogP contribution in [0.3, 0.4) is 0 Å². The molecule has 0 aliphatic heterocycles. The van der Waals surface area contributed by atoms with Gasteiger partial charge in [0.2, 0.25) is 0 Å². The van der Waals surface area contributed by atoms with Crippen LogP contribution >= 0.6 is 27.5 Å². The van der Waals surface area contributed by atoms with Gasteiger partial charge in [0.15, 0.2) is 11.5 Å². The van der Waals surface area contributed by atoms with E-state index < -0.39 is 17.6 Å². The van der Waals surface area contributed by atoms with Crippen LogP contribution in [0, 0.1) is 11.3 Å². The first-order chi connectivity index (χ1) is 16.6. The molecule has 0 unspecified atom stereocenters. The molecular weight excluding hydrogens is 549 g/mol. The predicted octanol–water partition coefficient (Wildman–Crippen LogP) is 7.25. The van der Waals surface area contributed by atoms with Crippen LogP contribution in [0.15, 0.2) is 70.7 Å². The van der Waals surface area contributed by atoms with Crippen LogP contribution in [0.25, 0.3) is 6.08 Å². The number of alkyl halides is 3. The molecule has 0 aliphatic rings. The van der Waals surface area contributed by atoms with Gasteiger partial charge in [-0.1, -0.05) is 51.8 Å². The van der Waals surface area contributed by atoms with Gasteiger partial charge in [0, 0.05) is 10.0 Å². The molecule has 0 spiro atoms. The van der Waals surface area contributed by atoms with Crippen molar-refractivity contribution in [1.82, 2.24) is 0 Å². The van der Waals surface area contributed by atoms with Gasteiger partial charge < -0.3 is 14.8 Å². The normalized spacial score (nSPS) is 11.5. The molecule has 0 saturated heterocycles. The number of ether oxygens (including phenoxy) is 2. The van der Waals surface area contributed by atoms with Crippen molar-refractivity contribution in [3.63, 3.8) is 0 Å². The van der Waals surface area contributed by atoms with Crippen LogP contribution in [0.5, 0.6) is 11.5 Å². The van der Waals surface area contributed by atoms with Crippen molar-refractivity contribution < 1.29 is 27.4 Å². The molecular formula is C25H17BrClF3N2O3. The summed E-state index contributed by atoms with van der Waals surface area (Å²) >= 11 is 9.31. The molecule has 0 heterocycles. The Kier molecular flexibility index (Phi) is 8.43. The molecule has 1 N–H and O–H groups in total. The number of carbonyl (C=O) groups excluding carboxylic acids is 1. The van der Waals surface area contributed by atoms with E-state index in [1.54, 1.807) is 24.3 Å². The van der Waals surface area contributed by atoms with E-state index in [0.29, 0.717) is 17.4 Å². The number of benzene rings is 3. The maximum Gasteiger partial charge on any atom is 0.416 e. The molecule has 5 nitrogen and oxygen atoms in total. The Morgan fingerprint density at radius 2 is 1.89 bits per heavy atom. The molecule has 0 aliphatic carbocycles. The Labute approximate surface area is 212 Å². The first-order valence-corrected chi connectivity index (χ1v) is 11.1. The minimum Gasteiger partial charge on any atom is -0.493 e. The molecule has 0 fully saturated rings. The number of rotatable bonds is 7. The zero-order valence-electron chi connectivity index (χ0n) is 18.1. The molecule has 3 aromatic carbocycles. The van der Waals surface area contributed by atoms with Crippen LogP contribution in [-0.2, 0) is 17.6 Å². The SMILES string of the molecule is COc1cccc(C=C(C#N)C(=O)Nc2cc(C(F)(F)F)ccc2Cl)c1OCc1ccc(Br)cc1. The molecule has 0 aromatic heterocycles. The second-order valence-corrected chi connectivity index (χ2v) is 8.43. The van der Waals surface area contributed by atoms with Crippen molar-refractivity contribution >= 4 is 45.2 Å². The Bertz CT molecular complexity index is 1300. The Morgan fingerprint density at radius 3 is 2.51 bits per heavy atom. The minimum atomic E-state index is -4.63. The molecule has 0 saturated carbocycles. The van der Waals surface area contributed by atoms with Crippen molar-refractivity contribution in [3.05, 3.63) is 92.4 Å². The molecule has 180 valence electrons. The maximum atomic E-state index is 13.0. The molecule has 3 rings (SSSR count). The minimum absolute atomic E-state index is 0.108. The van der Waals surface area contributed by atoms with Crippen molar-refractivity contribution in [1.29, 1.82) is 5.26 Å². The number of nitrogens with zero attached hydrogens (tertiary/aromatic N) is 1. The van der Waals surface area contributed by atoms with Gasteiger partial charge in [-0.3, -0.25) is 4.79 Å². The summed E-state index contributed by atoms with van der Waals surface area (Å²) in [6, 6.07) is 16.6. The third kappa shape index (κ3) is 6.78. The highest BCUT2D eigenvalue weighted by molar-refractivity contribution is 9.10. The van der Waals surface area contributed by atoms with E-state index in [1.165, 1.54) is 13.2 Å². The van der Waals surface area contributed by atoms with Gasteiger partial charge in [0.05, 0.1) is 23.4 Å². The number of amides is 1. The second-order valence-electron chi connectivity index (χ2n) is 7.11.